The van der Waals surface area contributed by atoms with Crippen molar-refractivity contribution in [3.05, 3.63) is 0 Å². The minimum Gasteiger partial charge on any atom is -0.286 e. The summed E-state index contributed by atoms with van der Waals surface area (Å²) in [4.78, 5) is -0.448. The number of halogens is 2. The van der Waals surface area contributed by atoms with Crippen molar-refractivity contribution >= 4 is 33.3 Å². The van der Waals surface area contributed by atoms with Crippen molar-refractivity contribution in [2.45, 2.75) is 24.1 Å². The van der Waals surface area contributed by atoms with Crippen LogP contribution in [0.5, 0.6) is 0 Å². The zero-order valence-corrected chi connectivity index (χ0v) is 8.16. The molecule has 0 amide bonds. The van der Waals surface area contributed by atoms with Crippen LogP contribution in [0.1, 0.15) is 19.3 Å². The van der Waals surface area contributed by atoms with Gasteiger partial charge in [0.15, 0.2) is 0 Å². The molecule has 0 aliphatic rings. The van der Waals surface area contributed by atoms with Gasteiger partial charge in [-0.05, 0) is 19.3 Å². The smallest absolute Gasteiger partial charge is 0.264 e. The number of hydrogen-bond donors (Lipinski definition) is 1. The van der Waals surface area contributed by atoms with Gasteiger partial charge in [0.25, 0.3) is 10.1 Å². The number of alkyl halides is 2. The second-order valence-electron chi connectivity index (χ2n) is 2.17. The Balaban J connectivity index is 3.30. The molecule has 3 nitrogen and oxygen atoms in total. The van der Waals surface area contributed by atoms with Crippen LogP contribution in [0.2, 0.25) is 0 Å². The van der Waals surface area contributed by atoms with Gasteiger partial charge in [0.1, 0.15) is 4.84 Å². The van der Waals surface area contributed by atoms with Gasteiger partial charge in [-0.1, -0.05) is 0 Å². The highest BCUT2D eigenvalue weighted by Gasteiger charge is 2.04. The Morgan fingerprint density at radius 3 is 2.18 bits per heavy atom. The lowest BCUT2D eigenvalue weighted by Crippen LogP contribution is -2.03. The first kappa shape index (κ1) is 11.5. The monoisotopic (exact) mass is 220 g/mol. The molecule has 0 bridgehead atoms. The molecule has 0 aliphatic heterocycles. The maximum atomic E-state index is 10.2. The molecular formula is C5H10Cl2O3S. The molecule has 1 N–H and O–H groups in total. The van der Waals surface area contributed by atoms with Crippen molar-refractivity contribution in [3.63, 3.8) is 0 Å². The number of hydrogen-bond acceptors (Lipinski definition) is 2. The molecule has 0 atom stereocenters. The van der Waals surface area contributed by atoms with Crippen LogP contribution in [0.25, 0.3) is 0 Å². The van der Waals surface area contributed by atoms with Crippen LogP contribution in [0, 0.1) is 0 Å². The minimum atomic E-state index is -3.81. The Hall–Kier alpha value is 0.490. The van der Waals surface area contributed by atoms with Crippen molar-refractivity contribution in [1.29, 1.82) is 0 Å². The molecule has 0 spiro atoms. The molecule has 0 saturated heterocycles. The molecule has 0 aromatic carbocycles. The highest BCUT2D eigenvalue weighted by Crippen LogP contribution is 2.11. The molecule has 0 radical (unpaired) electrons. The molecule has 11 heavy (non-hydrogen) atoms. The quantitative estimate of drug-likeness (QED) is 0.438. The largest absolute Gasteiger partial charge is 0.286 e. The SMILES string of the molecule is O=S(=O)(O)CCCCC(Cl)Cl. The molecule has 0 fully saturated rings. The lowest BCUT2D eigenvalue weighted by Gasteiger charge is -1.98. The van der Waals surface area contributed by atoms with Crippen molar-refractivity contribution in [2.24, 2.45) is 0 Å². The van der Waals surface area contributed by atoms with Crippen LogP contribution in [0.15, 0.2) is 0 Å². The van der Waals surface area contributed by atoms with Gasteiger partial charge in [-0.3, -0.25) is 4.55 Å². The van der Waals surface area contributed by atoms with Crippen LogP contribution >= 0.6 is 23.2 Å². The fraction of sp³-hybridized carbons (Fsp3) is 1.00. The first-order valence-electron chi connectivity index (χ1n) is 3.15. The third-order valence-corrected chi connectivity index (χ3v) is 2.32. The summed E-state index contributed by atoms with van der Waals surface area (Å²) >= 11 is 10.8. The van der Waals surface area contributed by atoms with Crippen molar-refractivity contribution in [1.82, 2.24) is 0 Å². The lowest BCUT2D eigenvalue weighted by molar-refractivity contribution is 0.480. The summed E-state index contributed by atoms with van der Waals surface area (Å²) in [6, 6.07) is 0. The zero-order valence-electron chi connectivity index (χ0n) is 5.83. The summed E-state index contributed by atoms with van der Waals surface area (Å²) in [5.41, 5.74) is 0. The summed E-state index contributed by atoms with van der Waals surface area (Å²) in [6.07, 6.45) is 1.56. The first-order chi connectivity index (χ1) is 4.92. The molecule has 0 heterocycles. The molecule has 0 aliphatic carbocycles. The standard InChI is InChI=1S/C5H10Cl2O3S/c6-5(7)3-1-2-4-11(8,9)10/h5H,1-4H2,(H,8,9,10). The maximum absolute atomic E-state index is 10.2. The van der Waals surface area contributed by atoms with E-state index in [1.165, 1.54) is 0 Å². The van der Waals surface area contributed by atoms with E-state index >= 15 is 0 Å². The van der Waals surface area contributed by atoms with E-state index in [1.54, 1.807) is 0 Å². The minimum absolute atomic E-state index is 0.215. The Kier molecular flexibility index (Phi) is 5.42. The molecule has 0 saturated carbocycles. The Morgan fingerprint density at radius 2 is 1.82 bits per heavy atom. The van der Waals surface area contributed by atoms with E-state index in [4.69, 9.17) is 27.8 Å². The lowest BCUT2D eigenvalue weighted by atomic mass is 10.3. The number of rotatable bonds is 5. The van der Waals surface area contributed by atoms with Crippen molar-refractivity contribution < 1.29 is 13.0 Å². The third-order valence-electron chi connectivity index (χ3n) is 1.07. The van der Waals surface area contributed by atoms with Crippen LogP contribution < -0.4 is 0 Å². The molecule has 68 valence electrons. The first-order valence-corrected chi connectivity index (χ1v) is 5.63. The van der Waals surface area contributed by atoms with E-state index < -0.39 is 15.0 Å². The van der Waals surface area contributed by atoms with E-state index in [-0.39, 0.29) is 5.75 Å². The van der Waals surface area contributed by atoms with E-state index in [1.807, 2.05) is 0 Å². The van der Waals surface area contributed by atoms with E-state index in [2.05, 4.69) is 0 Å². The average molecular weight is 221 g/mol. The second kappa shape index (κ2) is 5.19. The van der Waals surface area contributed by atoms with Crippen LogP contribution in [0.3, 0.4) is 0 Å². The molecule has 6 heteroatoms. The van der Waals surface area contributed by atoms with E-state index in [9.17, 15) is 8.42 Å². The molecular weight excluding hydrogens is 211 g/mol. The Bertz CT molecular complexity index is 188. The molecule has 0 aromatic heterocycles. The summed E-state index contributed by atoms with van der Waals surface area (Å²) in [5.74, 6) is -0.215. The molecule has 0 rings (SSSR count). The fourth-order valence-electron chi connectivity index (χ4n) is 0.583. The summed E-state index contributed by atoms with van der Waals surface area (Å²) < 4.78 is 28.6. The van der Waals surface area contributed by atoms with Gasteiger partial charge in [0.2, 0.25) is 0 Å². The zero-order chi connectivity index (χ0) is 8.91. The van der Waals surface area contributed by atoms with Gasteiger partial charge < -0.3 is 0 Å². The van der Waals surface area contributed by atoms with Crippen molar-refractivity contribution in [3.8, 4) is 0 Å². The normalized spacial score (nSPS) is 12.4. The fourth-order valence-corrected chi connectivity index (χ4v) is 1.46. The summed E-state index contributed by atoms with van der Waals surface area (Å²) in [5, 5.41) is 0. The maximum Gasteiger partial charge on any atom is 0.264 e. The predicted molar refractivity (Wildman–Crippen MR) is 45.8 cm³/mol. The molecule has 0 unspecified atom stereocenters. The van der Waals surface area contributed by atoms with Crippen molar-refractivity contribution in [2.75, 3.05) is 5.75 Å². The van der Waals surface area contributed by atoms with Gasteiger partial charge >= 0.3 is 0 Å². The van der Waals surface area contributed by atoms with E-state index in [0.29, 0.717) is 19.3 Å². The highest BCUT2D eigenvalue weighted by atomic mass is 35.5. The van der Waals surface area contributed by atoms with Gasteiger partial charge in [0.05, 0.1) is 5.75 Å². The topological polar surface area (TPSA) is 54.4 Å². The highest BCUT2D eigenvalue weighted by molar-refractivity contribution is 7.85. The predicted octanol–water partition coefficient (Wildman–Crippen LogP) is 1.85. The van der Waals surface area contributed by atoms with Crippen LogP contribution in [-0.4, -0.2) is 23.6 Å². The Morgan fingerprint density at radius 1 is 1.27 bits per heavy atom. The van der Waals surface area contributed by atoms with Gasteiger partial charge in [-0.25, -0.2) is 0 Å². The Labute approximate surface area is 76.4 Å². The summed E-state index contributed by atoms with van der Waals surface area (Å²) in [6.45, 7) is 0. The third kappa shape index (κ3) is 10.5. The van der Waals surface area contributed by atoms with Crippen LogP contribution in [-0.2, 0) is 10.1 Å². The average Bonchev–Trinajstić information content (AvgIpc) is 1.78. The molecule has 0 aromatic rings. The van der Waals surface area contributed by atoms with Gasteiger partial charge in [0, 0.05) is 0 Å². The second-order valence-corrected chi connectivity index (χ2v) is 5.02. The van der Waals surface area contributed by atoms with E-state index in [0.717, 1.165) is 0 Å². The van der Waals surface area contributed by atoms with Gasteiger partial charge in [-0.15, -0.1) is 23.2 Å². The number of unbranched alkanes of at least 4 members (excludes halogenated alkanes) is 1. The summed E-state index contributed by atoms with van der Waals surface area (Å²) in [7, 11) is -3.81. The van der Waals surface area contributed by atoms with Crippen LogP contribution in [0.4, 0.5) is 0 Å². The van der Waals surface area contributed by atoms with Gasteiger partial charge in [-0.2, -0.15) is 8.42 Å².